The molecular formula is C17H20BrNO. The number of aryl methyl sites for hydroxylation is 1. The Bertz CT molecular complexity index is 578. The van der Waals surface area contributed by atoms with Gasteiger partial charge >= 0.3 is 0 Å². The molecule has 2 aromatic carbocycles. The van der Waals surface area contributed by atoms with Crippen LogP contribution in [0.3, 0.4) is 0 Å². The van der Waals surface area contributed by atoms with Crippen LogP contribution in [0, 0.1) is 0 Å². The van der Waals surface area contributed by atoms with Crippen molar-refractivity contribution in [2.24, 2.45) is 0 Å². The zero-order valence-electron chi connectivity index (χ0n) is 12.1. The summed E-state index contributed by atoms with van der Waals surface area (Å²) in [6.07, 6.45) is 0.551. The number of aliphatic hydroxyl groups excluding tert-OH is 1. The molecule has 0 aromatic heterocycles. The number of hydrogen-bond donors (Lipinski definition) is 1. The van der Waals surface area contributed by atoms with Crippen LogP contribution in [0.2, 0.25) is 0 Å². The molecule has 20 heavy (non-hydrogen) atoms. The van der Waals surface area contributed by atoms with Crippen LogP contribution in [-0.4, -0.2) is 12.2 Å². The third kappa shape index (κ3) is 3.22. The highest BCUT2D eigenvalue weighted by atomic mass is 79.9. The Hall–Kier alpha value is -1.32. The first-order valence-corrected chi connectivity index (χ1v) is 7.62. The van der Waals surface area contributed by atoms with Gasteiger partial charge in [0.2, 0.25) is 0 Å². The summed E-state index contributed by atoms with van der Waals surface area (Å²) in [4.78, 5) is 2.10. The molecule has 0 aliphatic rings. The summed E-state index contributed by atoms with van der Waals surface area (Å²) in [6.45, 7) is 3.94. The summed E-state index contributed by atoms with van der Waals surface area (Å²) in [5.41, 5.74) is 4.38. The Kier molecular flexibility index (Phi) is 4.84. The number of rotatable bonds is 4. The second-order valence-electron chi connectivity index (χ2n) is 4.96. The van der Waals surface area contributed by atoms with Crippen LogP contribution < -0.4 is 4.90 Å². The van der Waals surface area contributed by atoms with E-state index in [1.165, 1.54) is 5.56 Å². The molecule has 0 heterocycles. The fraction of sp³-hybridized carbons (Fsp3) is 0.294. The first-order valence-electron chi connectivity index (χ1n) is 6.83. The van der Waals surface area contributed by atoms with E-state index in [1.807, 2.05) is 25.2 Å². The van der Waals surface area contributed by atoms with Gasteiger partial charge in [0.1, 0.15) is 0 Å². The van der Waals surface area contributed by atoms with Crippen LogP contribution >= 0.6 is 15.9 Å². The highest BCUT2D eigenvalue weighted by Crippen LogP contribution is 2.33. The molecule has 0 saturated carbocycles. The average molecular weight is 334 g/mol. The molecule has 0 saturated heterocycles. The quantitative estimate of drug-likeness (QED) is 0.865. The van der Waals surface area contributed by atoms with E-state index in [4.69, 9.17) is 0 Å². The van der Waals surface area contributed by atoms with E-state index in [2.05, 4.69) is 52.0 Å². The lowest BCUT2D eigenvalue weighted by Crippen LogP contribution is -2.13. The third-order valence-corrected chi connectivity index (χ3v) is 4.03. The summed E-state index contributed by atoms with van der Waals surface area (Å²) < 4.78 is 1.01. The Morgan fingerprint density at radius 2 is 1.80 bits per heavy atom. The second kappa shape index (κ2) is 6.42. The topological polar surface area (TPSA) is 23.5 Å². The minimum atomic E-state index is -0.490. The van der Waals surface area contributed by atoms with Crippen molar-refractivity contribution in [2.75, 3.05) is 11.9 Å². The number of hydrogen-bond acceptors (Lipinski definition) is 2. The van der Waals surface area contributed by atoms with Crippen molar-refractivity contribution in [1.29, 1.82) is 0 Å². The van der Waals surface area contributed by atoms with Crippen LogP contribution in [0.1, 0.15) is 31.1 Å². The molecule has 0 aliphatic carbocycles. The van der Waals surface area contributed by atoms with E-state index in [-0.39, 0.29) is 0 Å². The lowest BCUT2D eigenvalue weighted by Gasteiger charge is -2.24. The summed E-state index contributed by atoms with van der Waals surface area (Å²) in [5, 5.41) is 9.93. The van der Waals surface area contributed by atoms with E-state index in [0.29, 0.717) is 0 Å². The van der Waals surface area contributed by atoms with E-state index < -0.39 is 6.10 Å². The normalized spacial score (nSPS) is 12.2. The summed E-state index contributed by atoms with van der Waals surface area (Å²) in [5.74, 6) is 0. The van der Waals surface area contributed by atoms with Crippen molar-refractivity contribution in [3.8, 4) is 0 Å². The summed E-state index contributed by atoms with van der Waals surface area (Å²) in [6, 6.07) is 14.5. The van der Waals surface area contributed by atoms with E-state index in [0.717, 1.165) is 27.8 Å². The molecule has 3 heteroatoms. The molecule has 2 nitrogen and oxygen atoms in total. The van der Waals surface area contributed by atoms with Crippen molar-refractivity contribution in [3.05, 3.63) is 58.1 Å². The van der Waals surface area contributed by atoms with Gasteiger partial charge < -0.3 is 10.0 Å². The number of anilines is 2. The molecule has 0 fully saturated rings. The van der Waals surface area contributed by atoms with Gasteiger partial charge in [-0.2, -0.15) is 0 Å². The third-order valence-electron chi connectivity index (χ3n) is 3.54. The molecule has 1 atom stereocenters. The van der Waals surface area contributed by atoms with Crippen molar-refractivity contribution >= 4 is 27.3 Å². The Morgan fingerprint density at radius 1 is 1.15 bits per heavy atom. The number of aliphatic hydroxyl groups is 1. The van der Waals surface area contributed by atoms with Gasteiger partial charge in [-0.1, -0.05) is 41.1 Å². The number of nitrogens with zero attached hydrogens (tertiary/aromatic N) is 1. The maximum atomic E-state index is 9.93. The average Bonchev–Trinajstić information content (AvgIpc) is 2.46. The molecule has 2 aromatic rings. The molecule has 0 aliphatic heterocycles. The standard InChI is InChI=1S/C17H20BrNO/c1-4-13-5-8-15(9-6-13)19(3)17-11-14(18)7-10-16(17)12(2)20/h5-12,20H,4H2,1-3H3. The van der Waals surface area contributed by atoms with Gasteiger partial charge in [-0.25, -0.2) is 0 Å². The van der Waals surface area contributed by atoms with Crippen molar-refractivity contribution in [1.82, 2.24) is 0 Å². The van der Waals surface area contributed by atoms with Crippen LogP contribution in [0.5, 0.6) is 0 Å². The summed E-state index contributed by atoms with van der Waals surface area (Å²) in [7, 11) is 2.02. The van der Waals surface area contributed by atoms with Crippen LogP contribution in [0.15, 0.2) is 46.9 Å². The lowest BCUT2D eigenvalue weighted by atomic mass is 10.1. The second-order valence-corrected chi connectivity index (χ2v) is 5.87. The first kappa shape index (κ1) is 15.1. The fourth-order valence-corrected chi connectivity index (χ4v) is 2.60. The largest absolute Gasteiger partial charge is 0.389 e. The van der Waals surface area contributed by atoms with E-state index >= 15 is 0 Å². The molecule has 2 rings (SSSR count). The minimum absolute atomic E-state index is 0.490. The van der Waals surface area contributed by atoms with Gasteiger partial charge in [0.15, 0.2) is 0 Å². The Labute approximate surface area is 129 Å². The Morgan fingerprint density at radius 3 is 2.35 bits per heavy atom. The van der Waals surface area contributed by atoms with Crippen LogP contribution in [0.25, 0.3) is 0 Å². The van der Waals surface area contributed by atoms with Crippen molar-refractivity contribution in [3.63, 3.8) is 0 Å². The maximum absolute atomic E-state index is 9.93. The highest BCUT2D eigenvalue weighted by molar-refractivity contribution is 9.10. The first-order chi connectivity index (χ1) is 9.52. The predicted molar refractivity (Wildman–Crippen MR) is 88.7 cm³/mol. The molecule has 0 spiro atoms. The van der Waals surface area contributed by atoms with Crippen LogP contribution in [0.4, 0.5) is 11.4 Å². The molecule has 106 valence electrons. The monoisotopic (exact) mass is 333 g/mol. The van der Waals surface area contributed by atoms with Crippen LogP contribution in [-0.2, 0) is 6.42 Å². The molecular weight excluding hydrogens is 314 g/mol. The van der Waals surface area contributed by atoms with E-state index in [1.54, 1.807) is 6.92 Å². The van der Waals surface area contributed by atoms with Gasteiger partial charge in [0, 0.05) is 28.5 Å². The molecule has 1 unspecified atom stereocenters. The van der Waals surface area contributed by atoms with E-state index in [9.17, 15) is 5.11 Å². The van der Waals surface area contributed by atoms with Gasteiger partial charge in [-0.3, -0.25) is 0 Å². The SMILES string of the molecule is CCc1ccc(N(C)c2cc(Br)ccc2C(C)O)cc1. The molecule has 1 N–H and O–H groups in total. The summed E-state index contributed by atoms with van der Waals surface area (Å²) >= 11 is 3.50. The molecule has 0 bridgehead atoms. The van der Waals surface area contributed by atoms with Gasteiger partial charge in [-0.15, -0.1) is 0 Å². The maximum Gasteiger partial charge on any atom is 0.0782 e. The smallest absolute Gasteiger partial charge is 0.0782 e. The lowest BCUT2D eigenvalue weighted by molar-refractivity contribution is 0.200. The number of halogens is 1. The zero-order chi connectivity index (χ0) is 14.7. The van der Waals surface area contributed by atoms with Crippen molar-refractivity contribution < 1.29 is 5.11 Å². The minimum Gasteiger partial charge on any atom is -0.389 e. The fourth-order valence-electron chi connectivity index (χ4n) is 2.25. The predicted octanol–water partition coefficient (Wildman–Crippen LogP) is 4.83. The Balaban J connectivity index is 2.40. The zero-order valence-corrected chi connectivity index (χ0v) is 13.7. The molecule has 0 radical (unpaired) electrons. The van der Waals surface area contributed by atoms with Gasteiger partial charge in [-0.05, 0) is 43.2 Å². The molecule has 0 amide bonds. The van der Waals surface area contributed by atoms with Crippen molar-refractivity contribution in [2.45, 2.75) is 26.4 Å². The number of benzene rings is 2. The van der Waals surface area contributed by atoms with Gasteiger partial charge in [0.25, 0.3) is 0 Å². The van der Waals surface area contributed by atoms with Gasteiger partial charge in [0.05, 0.1) is 6.10 Å². The highest BCUT2D eigenvalue weighted by Gasteiger charge is 2.13.